The number of hydrogen-bond acceptors (Lipinski definition) is 1. The molecule has 1 nitrogen and oxygen atoms in total. The summed E-state index contributed by atoms with van der Waals surface area (Å²) in [5.74, 6) is 0. The lowest BCUT2D eigenvalue weighted by Gasteiger charge is -2.15. The number of hydrogen-bond donors (Lipinski definition) is 0. The maximum Gasteiger partial charge on any atom is 0.0991 e. The molecule has 0 heterocycles. The second kappa shape index (κ2) is 10.2. The summed E-state index contributed by atoms with van der Waals surface area (Å²) in [6.07, 6.45) is 1.73. The van der Waals surface area contributed by atoms with Gasteiger partial charge in [-0.3, -0.25) is 0 Å². The minimum Gasteiger partial charge on any atom is -0.192 e. The number of nitriles is 1. The Balaban J connectivity index is 1.50. The van der Waals surface area contributed by atoms with E-state index in [4.69, 9.17) is 0 Å². The molecule has 0 atom stereocenters. The highest BCUT2D eigenvalue weighted by atomic mass is 14.2. The van der Waals surface area contributed by atoms with Gasteiger partial charge in [0.1, 0.15) is 0 Å². The molecule has 0 aliphatic heterocycles. The molecule has 0 amide bonds. The van der Waals surface area contributed by atoms with Crippen LogP contribution in [0.5, 0.6) is 0 Å². The summed E-state index contributed by atoms with van der Waals surface area (Å²) in [6.45, 7) is 2.12. The van der Waals surface area contributed by atoms with Crippen molar-refractivity contribution in [3.63, 3.8) is 0 Å². The minimum atomic E-state index is 0.693. The van der Waals surface area contributed by atoms with E-state index in [1.54, 1.807) is 0 Å². The molecule has 1 heteroatoms. The van der Waals surface area contributed by atoms with Crippen LogP contribution in [0.15, 0.2) is 121 Å². The molecule has 5 aromatic carbocycles. The van der Waals surface area contributed by atoms with Crippen LogP contribution in [0.4, 0.5) is 0 Å². The molecule has 5 aromatic rings. The lowest BCUT2D eigenvalue weighted by Crippen LogP contribution is -1.97. The number of benzene rings is 5. The fraction of sp³-hybridized carbons (Fsp3) is 0.0882. The van der Waals surface area contributed by atoms with Crippen molar-refractivity contribution in [3.8, 4) is 28.3 Å². The van der Waals surface area contributed by atoms with Crippen molar-refractivity contribution in [2.24, 2.45) is 0 Å². The SMILES string of the molecule is Cc1ccc(C#N)cc1-c1cc(Cc2ccc(-c3ccccc3)cc2)ccc1Cc1ccccc1. The smallest absolute Gasteiger partial charge is 0.0991 e. The quantitative estimate of drug-likeness (QED) is 0.255. The molecule has 0 unspecified atom stereocenters. The summed E-state index contributed by atoms with van der Waals surface area (Å²) < 4.78 is 0. The van der Waals surface area contributed by atoms with E-state index in [1.165, 1.54) is 44.5 Å². The summed E-state index contributed by atoms with van der Waals surface area (Å²) in [5.41, 5.74) is 11.8. The van der Waals surface area contributed by atoms with Gasteiger partial charge < -0.3 is 0 Å². The minimum absolute atomic E-state index is 0.693. The van der Waals surface area contributed by atoms with Crippen molar-refractivity contribution in [1.29, 1.82) is 5.26 Å². The molecule has 0 N–H and O–H groups in total. The fourth-order valence-electron chi connectivity index (χ4n) is 4.62. The van der Waals surface area contributed by atoms with Crippen LogP contribution >= 0.6 is 0 Å². The van der Waals surface area contributed by atoms with Crippen molar-refractivity contribution in [1.82, 2.24) is 0 Å². The van der Waals surface area contributed by atoms with E-state index >= 15 is 0 Å². The molecular formula is C34H27N. The first-order valence-electron chi connectivity index (χ1n) is 12.0. The molecule has 0 aromatic heterocycles. The van der Waals surface area contributed by atoms with Crippen molar-refractivity contribution in [2.45, 2.75) is 19.8 Å². The molecule has 0 saturated heterocycles. The Kier molecular flexibility index (Phi) is 6.55. The predicted molar refractivity (Wildman–Crippen MR) is 145 cm³/mol. The normalized spacial score (nSPS) is 10.6. The maximum atomic E-state index is 9.51. The third kappa shape index (κ3) is 5.24. The average Bonchev–Trinajstić information content (AvgIpc) is 2.91. The van der Waals surface area contributed by atoms with Crippen molar-refractivity contribution in [2.75, 3.05) is 0 Å². The predicted octanol–water partition coefficient (Wildman–Crippen LogP) is 8.38. The summed E-state index contributed by atoms with van der Waals surface area (Å²) >= 11 is 0. The molecular weight excluding hydrogens is 422 g/mol. The number of rotatable bonds is 6. The molecule has 0 radical (unpaired) electrons. The van der Waals surface area contributed by atoms with Gasteiger partial charge in [0.25, 0.3) is 0 Å². The second-order valence-corrected chi connectivity index (χ2v) is 9.04. The van der Waals surface area contributed by atoms with Crippen LogP contribution in [0, 0.1) is 18.3 Å². The maximum absolute atomic E-state index is 9.51. The largest absolute Gasteiger partial charge is 0.192 e. The van der Waals surface area contributed by atoms with E-state index in [9.17, 15) is 5.26 Å². The van der Waals surface area contributed by atoms with E-state index in [1.807, 2.05) is 18.2 Å². The van der Waals surface area contributed by atoms with Crippen LogP contribution in [-0.4, -0.2) is 0 Å². The first kappa shape index (κ1) is 22.4. The summed E-state index contributed by atoms with van der Waals surface area (Å²) in [6, 6.07) is 45.0. The van der Waals surface area contributed by atoms with Crippen molar-refractivity contribution in [3.05, 3.63) is 155 Å². The van der Waals surface area contributed by atoms with Gasteiger partial charge in [-0.15, -0.1) is 0 Å². The van der Waals surface area contributed by atoms with Gasteiger partial charge in [-0.1, -0.05) is 109 Å². The monoisotopic (exact) mass is 449 g/mol. The molecule has 0 spiro atoms. The lowest BCUT2D eigenvalue weighted by atomic mass is 9.89. The molecule has 35 heavy (non-hydrogen) atoms. The molecule has 0 bridgehead atoms. The Morgan fingerprint density at radius 2 is 1.17 bits per heavy atom. The fourth-order valence-corrected chi connectivity index (χ4v) is 4.62. The molecule has 5 rings (SSSR count). The van der Waals surface area contributed by atoms with E-state index in [2.05, 4.69) is 116 Å². The molecule has 0 aliphatic carbocycles. The third-order valence-corrected chi connectivity index (χ3v) is 6.54. The Labute approximate surface area is 208 Å². The van der Waals surface area contributed by atoms with E-state index in [0.29, 0.717) is 5.56 Å². The van der Waals surface area contributed by atoms with Gasteiger partial charge in [0.2, 0.25) is 0 Å². The Bertz CT molecular complexity index is 1470. The van der Waals surface area contributed by atoms with Crippen molar-refractivity contribution >= 4 is 0 Å². The standard InChI is InChI=1S/C34H27N/c1-25-12-13-29(24-35)23-33(25)34-22-28(16-19-32(34)21-26-8-4-2-5-9-26)20-27-14-17-31(18-15-27)30-10-6-3-7-11-30/h2-19,22-23H,20-21H2,1H3. The summed E-state index contributed by atoms with van der Waals surface area (Å²) in [5, 5.41) is 9.51. The lowest BCUT2D eigenvalue weighted by molar-refractivity contribution is 1.15. The zero-order valence-electron chi connectivity index (χ0n) is 19.9. The Morgan fingerprint density at radius 3 is 1.89 bits per heavy atom. The van der Waals surface area contributed by atoms with Crippen LogP contribution in [0.25, 0.3) is 22.3 Å². The van der Waals surface area contributed by atoms with E-state index in [0.717, 1.165) is 18.4 Å². The van der Waals surface area contributed by atoms with Gasteiger partial charge in [-0.05, 0) is 82.0 Å². The molecule has 0 aliphatic rings. The van der Waals surface area contributed by atoms with E-state index in [-0.39, 0.29) is 0 Å². The Hall–Kier alpha value is -4.41. The van der Waals surface area contributed by atoms with Gasteiger partial charge in [-0.25, -0.2) is 0 Å². The average molecular weight is 450 g/mol. The van der Waals surface area contributed by atoms with Crippen LogP contribution in [0.1, 0.15) is 33.4 Å². The van der Waals surface area contributed by atoms with Crippen LogP contribution in [0.3, 0.4) is 0 Å². The van der Waals surface area contributed by atoms with Gasteiger partial charge in [0, 0.05) is 0 Å². The third-order valence-electron chi connectivity index (χ3n) is 6.54. The summed E-state index contributed by atoms with van der Waals surface area (Å²) in [4.78, 5) is 0. The van der Waals surface area contributed by atoms with Crippen molar-refractivity contribution < 1.29 is 0 Å². The van der Waals surface area contributed by atoms with Gasteiger partial charge >= 0.3 is 0 Å². The molecule has 0 fully saturated rings. The van der Waals surface area contributed by atoms with Gasteiger partial charge in [-0.2, -0.15) is 5.26 Å². The molecule has 0 saturated carbocycles. The van der Waals surface area contributed by atoms with Crippen LogP contribution < -0.4 is 0 Å². The number of nitrogens with zero attached hydrogens (tertiary/aromatic N) is 1. The first-order valence-corrected chi connectivity index (χ1v) is 12.0. The van der Waals surface area contributed by atoms with Crippen LogP contribution in [0.2, 0.25) is 0 Å². The highest BCUT2D eigenvalue weighted by molar-refractivity contribution is 5.73. The topological polar surface area (TPSA) is 23.8 Å². The highest BCUT2D eigenvalue weighted by Gasteiger charge is 2.12. The van der Waals surface area contributed by atoms with Crippen LogP contribution in [-0.2, 0) is 12.8 Å². The Morgan fingerprint density at radius 1 is 0.543 bits per heavy atom. The highest BCUT2D eigenvalue weighted by Crippen LogP contribution is 2.31. The number of aryl methyl sites for hydroxylation is 1. The molecule has 168 valence electrons. The zero-order chi connectivity index (χ0) is 24.0. The zero-order valence-corrected chi connectivity index (χ0v) is 19.9. The summed E-state index contributed by atoms with van der Waals surface area (Å²) in [7, 11) is 0. The van der Waals surface area contributed by atoms with E-state index < -0.39 is 0 Å². The first-order chi connectivity index (χ1) is 17.2. The van der Waals surface area contributed by atoms with Gasteiger partial charge in [0.15, 0.2) is 0 Å². The second-order valence-electron chi connectivity index (χ2n) is 9.04. The van der Waals surface area contributed by atoms with Gasteiger partial charge in [0.05, 0.1) is 11.6 Å².